The van der Waals surface area contributed by atoms with Crippen molar-refractivity contribution >= 4 is 0 Å². The van der Waals surface area contributed by atoms with Crippen molar-refractivity contribution in [3.63, 3.8) is 0 Å². The zero-order valence-corrected chi connectivity index (χ0v) is 12.4. The van der Waals surface area contributed by atoms with Gasteiger partial charge in [0.05, 0.1) is 0 Å². The number of hydrogen-bond acceptors (Lipinski definition) is 1. The first kappa shape index (κ1) is 13.2. The van der Waals surface area contributed by atoms with E-state index in [1.165, 1.54) is 38.5 Å². The van der Waals surface area contributed by atoms with Crippen LogP contribution < -0.4 is 5.32 Å². The average Bonchev–Trinajstić information content (AvgIpc) is 2.42. The second kappa shape index (κ2) is 5.66. The van der Waals surface area contributed by atoms with E-state index in [0.29, 0.717) is 6.04 Å². The zero-order valence-electron chi connectivity index (χ0n) is 12.4. The molecule has 0 bridgehead atoms. The van der Waals surface area contributed by atoms with Gasteiger partial charge in [-0.15, -0.1) is 0 Å². The summed E-state index contributed by atoms with van der Waals surface area (Å²) in [4.78, 5) is 0. The monoisotopic (exact) mass is 257 g/mol. The zero-order chi connectivity index (χ0) is 13.2. The largest absolute Gasteiger partial charge is 0.311 e. The van der Waals surface area contributed by atoms with E-state index in [1.807, 2.05) is 0 Å². The Balaban J connectivity index is 1.60. The van der Waals surface area contributed by atoms with Crippen molar-refractivity contribution in [1.29, 1.82) is 0 Å². The second-order valence-electron chi connectivity index (χ2n) is 6.88. The maximum absolute atomic E-state index is 3.97. The lowest BCUT2D eigenvalue weighted by Crippen LogP contribution is -2.46. The number of rotatable bonds is 2. The van der Waals surface area contributed by atoms with Crippen LogP contribution in [0.3, 0.4) is 0 Å². The molecule has 4 unspecified atom stereocenters. The molecule has 3 rings (SSSR count). The Hall–Kier alpha value is -0.820. The van der Waals surface area contributed by atoms with Gasteiger partial charge in [-0.25, -0.2) is 0 Å². The summed E-state index contributed by atoms with van der Waals surface area (Å²) in [6, 6.07) is 10.4. The standard InChI is InChI=1S/C18H27N/c1-13-7-10-18(14(2)11-13)19-17-9-8-15-5-3-4-6-16(15)12-17/h3-6,13-14,17-19H,7-12H2,1-2H3. The predicted molar refractivity (Wildman–Crippen MR) is 81.4 cm³/mol. The first-order valence-corrected chi connectivity index (χ1v) is 8.05. The van der Waals surface area contributed by atoms with Crippen molar-refractivity contribution in [2.75, 3.05) is 0 Å². The van der Waals surface area contributed by atoms with Crippen LogP contribution in [-0.2, 0) is 12.8 Å². The van der Waals surface area contributed by atoms with E-state index >= 15 is 0 Å². The van der Waals surface area contributed by atoms with Gasteiger partial charge in [-0.1, -0.05) is 38.1 Å². The molecule has 0 radical (unpaired) electrons. The lowest BCUT2D eigenvalue weighted by Gasteiger charge is -2.37. The molecule has 0 heterocycles. The molecule has 2 aliphatic rings. The van der Waals surface area contributed by atoms with Crippen molar-refractivity contribution in [3.05, 3.63) is 35.4 Å². The van der Waals surface area contributed by atoms with Gasteiger partial charge in [-0.05, 0) is 61.5 Å². The predicted octanol–water partition coefficient (Wildman–Crippen LogP) is 3.96. The van der Waals surface area contributed by atoms with Gasteiger partial charge in [0, 0.05) is 12.1 Å². The number of fused-ring (bicyclic) bond motifs is 1. The summed E-state index contributed by atoms with van der Waals surface area (Å²) >= 11 is 0. The molecule has 0 spiro atoms. The first-order chi connectivity index (χ1) is 9.22. The Kier molecular flexibility index (Phi) is 3.93. The quantitative estimate of drug-likeness (QED) is 0.845. The third-order valence-corrected chi connectivity index (χ3v) is 5.23. The molecule has 1 fully saturated rings. The summed E-state index contributed by atoms with van der Waals surface area (Å²) in [5.41, 5.74) is 3.15. The van der Waals surface area contributed by atoms with Crippen molar-refractivity contribution in [3.8, 4) is 0 Å². The smallest absolute Gasteiger partial charge is 0.0113 e. The second-order valence-corrected chi connectivity index (χ2v) is 6.88. The molecular formula is C18H27N. The van der Waals surface area contributed by atoms with E-state index in [2.05, 4.69) is 43.4 Å². The SMILES string of the molecule is CC1CCC(NC2CCc3ccccc3C2)C(C)C1. The maximum Gasteiger partial charge on any atom is 0.0113 e. The van der Waals surface area contributed by atoms with Crippen LogP contribution in [0.15, 0.2) is 24.3 Å². The topological polar surface area (TPSA) is 12.0 Å². The Bertz CT molecular complexity index is 425. The number of benzene rings is 1. The van der Waals surface area contributed by atoms with Crippen molar-refractivity contribution < 1.29 is 0 Å². The first-order valence-electron chi connectivity index (χ1n) is 8.05. The van der Waals surface area contributed by atoms with E-state index in [0.717, 1.165) is 17.9 Å². The van der Waals surface area contributed by atoms with Crippen molar-refractivity contribution in [1.82, 2.24) is 5.32 Å². The summed E-state index contributed by atoms with van der Waals surface area (Å²) < 4.78 is 0. The van der Waals surface area contributed by atoms with Crippen molar-refractivity contribution in [2.24, 2.45) is 11.8 Å². The van der Waals surface area contributed by atoms with Gasteiger partial charge in [-0.3, -0.25) is 0 Å². The van der Waals surface area contributed by atoms with Gasteiger partial charge in [0.2, 0.25) is 0 Å². The molecule has 0 aliphatic heterocycles. The molecule has 104 valence electrons. The molecule has 1 saturated carbocycles. The van der Waals surface area contributed by atoms with Gasteiger partial charge >= 0.3 is 0 Å². The Morgan fingerprint density at radius 2 is 1.79 bits per heavy atom. The summed E-state index contributed by atoms with van der Waals surface area (Å²) in [6.45, 7) is 4.84. The molecule has 1 N–H and O–H groups in total. The van der Waals surface area contributed by atoms with E-state index in [4.69, 9.17) is 0 Å². The highest BCUT2D eigenvalue weighted by atomic mass is 15.0. The molecule has 1 aromatic carbocycles. The Morgan fingerprint density at radius 3 is 2.58 bits per heavy atom. The summed E-state index contributed by atoms with van der Waals surface area (Å²) in [5.74, 6) is 1.78. The van der Waals surface area contributed by atoms with Crippen molar-refractivity contribution in [2.45, 2.75) is 64.5 Å². The fraction of sp³-hybridized carbons (Fsp3) is 0.667. The fourth-order valence-corrected chi connectivity index (χ4v) is 4.06. The third-order valence-electron chi connectivity index (χ3n) is 5.23. The summed E-state index contributed by atoms with van der Waals surface area (Å²) in [5, 5.41) is 3.97. The highest BCUT2D eigenvalue weighted by Crippen LogP contribution is 2.30. The molecular weight excluding hydrogens is 230 g/mol. The van der Waals surface area contributed by atoms with Gasteiger partial charge in [0.1, 0.15) is 0 Å². The Morgan fingerprint density at radius 1 is 1.00 bits per heavy atom. The lowest BCUT2D eigenvalue weighted by atomic mass is 9.78. The maximum atomic E-state index is 3.97. The normalized spacial score (nSPS) is 34.8. The third kappa shape index (κ3) is 3.02. The van der Waals surface area contributed by atoms with Crippen LogP contribution >= 0.6 is 0 Å². The molecule has 1 nitrogen and oxygen atoms in total. The fourth-order valence-electron chi connectivity index (χ4n) is 4.06. The Labute approximate surface area is 117 Å². The molecule has 0 aromatic heterocycles. The molecule has 19 heavy (non-hydrogen) atoms. The van der Waals surface area contributed by atoms with Crippen LogP contribution in [0, 0.1) is 11.8 Å². The van der Waals surface area contributed by atoms with Gasteiger partial charge in [0.15, 0.2) is 0 Å². The average molecular weight is 257 g/mol. The molecule has 0 saturated heterocycles. The number of hydrogen-bond donors (Lipinski definition) is 1. The van der Waals surface area contributed by atoms with Crippen LogP contribution in [0.1, 0.15) is 50.7 Å². The minimum Gasteiger partial charge on any atom is -0.311 e. The van der Waals surface area contributed by atoms with Gasteiger partial charge in [0.25, 0.3) is 0 Å². The van der Waals surface area contributed by atoms with Crippen LogP contribution in [0.5, 0.6) is 0 Å². The van der Waals surface area contributed by atoms with Crippen LogP contribution in [-0.4, -0.2) is 12.1 Å². The molecule has 1 heteroatoms. The van der Waals surface area contributed by atoms with Crippen LogP contribution in [0.2, 0.25) is 0 Å². The lowest BCUT2D eigenvalue weighted by molar-refractivity contribution is 0.208. The van der Waals surface area contributed by atoms with Gasteiger partial charge in [-0.2, -0.15) is 0 Å². The van der Waals surface area contributed by atoms with Crippen LogP contribution in [0.4, 0.5) is 0 Å². The van der Waals surface area contributed by atoms with Crippen LogP contribution in [0.25, 0.3) is 0 Å². The minimum absolute atomic E-state index is 0.704. The van der Waals surface area contributed by atoms with Gasteiger partial charge < -0.3 is 5.32 Å². The molecule has 0 amide bonds. The highest BCUT2D eigenvalue weighted by molar-refractivity contribution is 5.30. The molecule has 2 aliphatic carbocycles. The molecule has 1 aromatic rings. The summed E-state index contributed by atoms with van der Waals surface area (Å²) in [6.07, 6.45) is 7.99. The van der Waals surface area contributed by atoms with E-state index in [9.17, 15) is 0 Å². The minimum atomic E-state index is 0.704. The molecule has 4 atom stereocenters. The van der Waals surface area contributed by atoms with E-state index in [1.54, 1.807) is 11.1 Å². The van der Waals surface area contributed by atoms with E-state index < -0.39 is 0 Å². The number of nitrogens with one attached hydrogen (secondary N) is 1. The summed E-state index contributed by atoms with van der Waals surface area (Å²) in [7, 11) is 0. The highest BCUT2D eigenvalue weighted by Gasteiger charge is 2.28. The van der Waals surface area contributed by atoms with E-state index in [-0.39, 0.29) is 0 Å². The number of aryl methyl sites for hydroxylation is 1.